The van der Waals surface area contributed by atoms with Crippen LogP contribution in [0.15, 0.2) is 42.5 Å². The Morgan fingerprint density at radius 2 is 1.73 bits per heavy atom. The Labute approximate surface area is 154 Å². The maximum atomic E-state index is 12.6. The highest BCUT2D eigenvalue weighted by molar-refractivity contribution is 7.91. The second kappa shape index (κ2) is 7.00. The lowest BCUT2D eigenvalue weighted by molar-refractivity contribution is -0.136. The molecular weight excluding hydrogens is 348 g/mol. The first-order valence-corrected chi connectivity index (χ1v) is 11.0. The number of carbonyl (C=O) groups is 1. The molecule has 0 N–H and O–H groups in total. The van der Waals surface area contributed by atoms with E-state index in [0.717, 1.165) is 19.6 Å². The predicted molar refractivity (Wildman–Crippen MR) is 103 cm³/mol. The van der Waals surface area contributed by atoms with E-state index in [-0.39, 0.29) is 23.3 Å². The minimum atomic E-state index is -3.01. The van der Waals surface area contributed by atoms with E-state index in [4.69, 9.17) is 0 Å². The summed E-state index contributed by atoms with van der Waals surface area (Å²) in [5.74, 6) is -0.118. The second-order valence-corrected chi connectivity index (χ2v) is 9.57. The van der Waals surface area contributed by atoms with Crippen LogP contribution in [0.3, 0.4) is 0 Å². The van der Waals surface area contributed by atoms with Gasteiger partial charge in [-0.15, -0.1) is 0 Å². The van der Waals surface area contributed by atoms with Gasteiger partial charge in [0.15, 0.2) is 9.84 Å². The van der Waals surface area contributed by atoms with Crippen molar-refractivity contribution < 1.29 is 13.2 Å². The Morgan fingerprint density at radius 1 is 1.00 bits per heavy atom. The van der Waals surface area contributed by atoms with Crippen molar-refractivity contribution in [3.05, 3.63) is 48.0 Å². The summed E-state index contributed by atoms with van der Waals surface area (Å²) in [6.07, 6.45) is 0.484. The topological polar surface area (TPSA) is 57.7 Å². The lowest BCUT2D eigenvalue weighted by Gasteiger charge is -2.36. The van der Waals surface area contributed by atoms with Gasteiger partial charge in [-0.05, 0) is 22.8 Å². The first-order valence-electron chi connectivity index (χ1n) is 9.20. The smallest absolute Gasteiger partial charge is 0.226 e. The molecule has 2 saturated heterocycles. The summed E-state index contributed by atoms with van der Waals surface area (Å²) in [6, 6.07) is 14.8. The maximum absolute atomic E-state index is 12.6. The molecule has 2 fully saturated rings. The first-order chi connectivity index (χ1) is 12.5. The zero-order valence-corrected chi connectivity index (χ0v) is 15.6. The van der Waals surface area contributed by atoms with Crippen molar-refractivity contribution in [1.82, 2.24) is 9.80 Å². The number of nitrogens with zero attached hydrogens (tertiary/aromatic N) is 2. The molecule has 1 atom stereocenters. The predicted octanol–water partition coefficient (Wildman–Crippen LogP) is 1.92. The number of sulfone groups is 1. The van der Waals surface area contributed by atoms with Crippen LogP contribution in [0.4, 0.5) is 0 Å². The van der Waals surface area contributed by atoms with E-state index >= 15 is 0 Å². The summed E-state index contributed by atoms with van der Waals surface area (Å²) in [7, 11) is -3.01. The monoisotopic (exact) mass is 372 g/mol. The number of benzene rings is 2. The molecule has 6 heteroatoms. The Bertz CT molecular complexity index is 912. The molecule has 1 amide bonds. The quantitative estimate of drug-likeness (QED) is 0.826. The van der Waals surface area contributed by atoms with Crippen LogP contribution < -0.4 is 0 Å². The third-order valence-electron chi connectivity index (χ3n) is 5.54. The summed E-state index contributed by atoms with van der Waals surface area (Å²) < 4.78 is 23.2. The van der Waals surface area contributed by atoms with Crippen molar-refractivity contribution in [2.24, 2.45) is 5.92 Å². The van der Waals surface area contributed by atoms with Crippen LogP contribution in [0.25, 0.3) is 10.8 Å². The van der Waals surface area contributed by atoms with E-state index in [0.29, 0.717) is 19.5 Å². The molecule has 0 saturated carbocycles. The number of piperazine rings is 1. The van der Waals surface area contributed by atoms with Gasteiger partial charge in [-0.25, -0.2) is 8.42 Å². The van der Waals surface area contributed by atoms with Gasteiger partial charge in [0, 0.05) is 32.7 Å². The molecule has 2 aromatic rings. The van der Waals surface area contributed by atoms with E-state index in [2.05, 4.69) is 47.4 Å². The van der Waals surface area contributed by atoms with Crippen molar-refractivity contribution in [3.63, 3.8) is 0 Å². The molecule has 0 aliphatic carbocycles. The summed E-state index contributed by atoms with van der Waals surface area (Å²) in [6.45, 7) is 3.89. The lowest BCUT2D eigenvalue weighted by atomic mass is 10.0. The van der Waals surface area contributed by atoms with Crippen LogP contribution in [0.2, 0.25) is 0 Å². The summed E-state index contributed by atoms with van der Waals surface area (Å²) in [5.41, 5.74) is 1.31. The third-order valence-corrected chi connectivity index (χ3v) is 7.31. The normalized spacial score (nSPS) is 23.4. The molecule has 138 valence electrons. The third kappa shape index (κ3) is 3.62. The second-order valence-electron chi connectivity index (χ2n) is 7.34. The fourth-order valence-corrected chi connectivity index (χ4v) is 5.78. The van der Waals surface area contributed by atoms with Gasteiger partial charge < -0.3 is 4.90 Å². The molecule has 2 aliphatic heterocycles. The molecule has 0 bridgehead atoms. The number of carbonyl (C=O) groups excluding carboxylic acids is 1. The Kier molecular flexibility index (Phi) is 4.71. The minimum Gasteiger partial charge on any atom is -0.340 e. The molecule has 4 rings (SSSR count). The van der Waals surface area contributed by atoms with Gasteiger partial charge >= 0.3 is 0 Å². The number of amides is 1. The maximum Gasteiger partial charge on any atom is 0.226 e. The highest BCUT2D eigenvalue weighted by Crippen LogP contribution is 2.23. The summed E-state index contributed by atoms with van der Waals surface area (Å²) in [5, 5.41) is 2.53. The van der Waals surface area contributed by atoms with Crippen LogP contribution in [0.1, 0.15) is 12.0 Å². The van der Waals surface area contributed by atoms with Crippen LogP contribution in [-0.4, -0.2) is 61.8 Å². The largest absolute Gasteiger partial charge is 0.340 e. The number of fused-ring (bicyclic) bond motifs is 1. The molecule has 0 radical (unpaired) electrons. The van der Waals surface area contributed by atoms with Gasteiger partial charge in [0.1, 0.15) is 0 Å². The van der Waals surface area contributed by atoms with Gasteiger partial charge in [-0.1, -0.05) is 42.5 Å². The van der Waals surface area contributed by atoms with Crippen LogP contribution in [0.5, 0.6) is 0 Å². The summed E-state index contributed by atoms with van der Waals surface area (Å²) in [4.78, 5) is 16.8. The SMILES string of the molecule is O=C([C@@H]1CCS(=O)(=O)C1)N1CCN(Cc2cccc3ccccc23)CC1. The Balaban J connectivity index is 1.37. The van der Waals surface area contributed by atoms with Crippen molar-refractivity contribution in [3.8, 4) is 0 Å². The average Bonchev–Trinajstić information content (AvgIpc) is 3.02. The number of hydrogen-bond acceptors (Lipinski definition) is 4. The standard InChI is InChI=1S/C20H24N2O3S/c23-20(18-8-13-26(24,25)15-18)22-11-9-21(10-12-22)14-17-6-3-5-16-4-1-2-7-19(16)17/h1-7,18H,8-15H2/t18-/m1/s1. The zero-order valence-electron chi connectivity index (χ0n) is 14.8. The van der Waals surface area contributed by atoms with Gasteiger partial charge in [0.05, 0.1) is 17.4 Å². The lowest BCUT2D eigenvalue weighted by Crippen LogP contribution is -2.50. The van der Waals surface area contributed by atoms with E-state index in [1.165, 1.54) is 16.3 Å². The molecular formula is C20H24N2O3S. The summed E-state index contributed by atoms with van der Waals surface area (Å²) >= 11 is 0. The van der Waals surface area contributed by atoms with Crippen molar-refractivity contribution in [2.75, 3.05) is 37.7 Å². The molecule has 5 nitrogen and oxygen atoms in total. The van der Waals surface area contributed by atoms with Gasteiger partial charge in [0.25, 0.3) is 0 Å². The van der Waals surface area contributed by atoms with Crippen LogP contribution >= 0.6 is 0 Å². The van der Waals surface area contributed by atoms with Crippen molar-refractivity contribution in [1.29, 1.82) is 0 Å². The van der Waals surface area contributed by atoms with Crippen LogP contribution in [0, 0.1) is 5.92 Å². The molecule has 2 aliphatic rings. The number of rotatable bonds is 3. The Hall–Kier alpha value is -1.92. The van der Waals surface area contributed by atoms with E-state index in [1.807, 2.05) is 4.90 Å². The fourth-order valence-electron chi connectivity index (χ4n) is 4.05. The van der Waals surface area contributed by atoms with Gasteiger partial charge in [-0.3, -0.25) is 9.69 Å². The minimum absolute atomic E-state index is 0.0240. The molecule has 0 aromatic heterocycles. The van der Waals surface area contributed by atoms with Crippen LogP contribution in [-0.2, 0) is 21.2 Å². The Morgan fingerprint density at radius 3 is 2.46 bits per heavy atom. The average molecular weight is 372 g/mol. The highest BCUT2D eigenvalue weighted by atomic mass is 32.2. The first kappa shape index (κ1) is 17.5. The van der Waals surface area contributed by atoms with Crippen molar-refractivity contribution >= 4 is 26.5 Å². The molecule has 26 heavy (non-hydrogen) atoms. The van der Waals surface area contributed by atoms with Crippen molar-refractivity contribution in [2.45, 2.75) is 13.0 Å². The molecule has 0 spiro atoms. The van der Waals surface area contributed by atoms with E-state index in [1.54, 1.807) is 0 Å². The fraction of sp³-hybridized carbons (Fsp3) is 0.450. The van der Waals surface area contributed by atoms with Gasteiger partial charge in [0.2, 0.25) is 5.91 Å². The zero-order chi connectivity index (χ0) is 18.1. The van der Waals surface area contributed by atoms with E-state index in [9.17, 15) is 13.2 Å². The highest BCUT2D eigenvalue weighted by Gasteiger charge is 2.36. The molecule has 2 heterocycles. The number of hydrogen-bond donors (Lipinski definition) is 0. The molecule has 2 aromatic carbocycles. The van der Waals surface area contributed by atoms with E-state index < -0.39 is 9.84 Å². The molecule has 0 unspecified atom stereocenters. The van der Waals surface area contributed by atoms with Gasteiger partial charge in [-0.2, -0.15) is 0 Å².